The molecule has 12 heteroatoms. The molecule has 4 unspecified atom stereocenters. The number of carboxylic acids is 1. The van der Waals surface area contributed by atoms with E-state index in [1.807, 2.05) is 6.26 Å². The molecule has 0 spiro atoms. The van der Waals surface area contributed by atoms with Gasteiger partial charge in [-0.05, 0) is 49.5 Å². The van der Waals surface area contributed by atoms with Crippen LogP contribution in [0.4, 0.5) is 0 Å². The average Bonchev–Trinajstić information content (AvgIpc) is 2.74. The third-order valence-corrected chi connectivity index (χ3v) is 5.09. The van der Waals surface area contributed by atoms with Gasteiger partial charge >= 0.3 is 5.97 Å². The van der Waals surface area contributed by atoms with Gasteiger partial charge in [-0.2, -0.15) is 11.8 Å². The Morgan fingerprint density at radius 3 is 2.22 bits per heavy atom. The molecule has 32 heavy (non-hydrogen) atoms. The predicted octanol–water partition coefficient (Wildman–Crippen LogP) is -1.43. The van der Waals surface area contributed by atoms with Crippen molar-refractivity contribution in [2.45, 2.75) is 44.0 Å². The van der Waals surface area contributed by atoms with Crippen LogP contribution in [0.15, 0.2) is 24.3 Å². The van der Waals surface area contributed by atoms with Crippen LogP contribution < -0.4 is 21.7 Å². The van der Waals surface area contributed by atoms with Gasteiger partial charge in [0.05, 0.1) is 12.1 Å². The number of hydrogen-bond donors (Lipinski definition) is 7. The molecule has 3 amide bonds. The summed E-state index contributed by atoms with van der Waals surface area (Å²) in [5.74, 6) is -2.82. The maximum atomic E-state index is 12.7. The number of phenols is 1. The summed E-state index contributed by atoms with van der Waals surface area (Å²) < 4.78 is 0. The first kappa shape index (κ1) is 27.2. The minimum Gasteiger partial charge on any atom is -0.508 e. The number of hydrogen-bond acceptors (Lipinski definition) is 8. The number of aliphatic hydroxyl groups is 1. The van der Waals surface area contributed by atoms with E-state index in [-0.39, 0.29) is 18.6 Å². The van der Waals surface area contributed by atoms with Gasteiger partial charge in [0.25, 0.3) is 0 Å². The number of carbonyl (C=O) groups excluding carboxylic acids is 3. The van der Waals surface area contributed by atoms with E-state index in [0.29, 0.717) is 5.75 Å². The molecule has 4 atom stereocenters. The molecule has 0 aliphatic heterocycles. The van der Waals surface area contributed by atoms with E-state index in [1.54, 1.807) is 12.1 Å². The molecule has 0 saturated heterocycles. The number of aliphatic carboxylic acids is 1. The van der Waals surface area contributed by atoms with Crippen molar-refractivity contribution >= 4 is 35.5 Å². The third kappa shape index (κ3) is 9.54. The van der Waals surface area contributed by atoms with Gasteiger partial charge < -0.3 is 37.0 Å². The van der Waals surface area contributed by atoms with Crippen LogP contribution in [-0.2, 0) is 25.6 Å². The zero-order valence-corrected chi connectivity index (χ0v) is 18.7. The summed E-state index contributed by atoms with van der Waals surface area (Å²) >= 11 is 1.45. The lowest BCUT2D eigenvalue weighted by molar-refractivity contribution is -0.139. The topological polar surface area (TPSA) is 191 Å². The predicted molar refractivity (Wildman–Crippen MR) is 119 cm³/mol. The van der Waals surface area contributed by atoms with Gasteiger partial charge in [-0.25, -0.2) is 0 Å². The van der Waals surface area contributed by atoms with Crippen LogP contribution in [0.1, 0.15) is 18.9 Å². The van der Waals surface area contributed by atoms with E-state index in [9.17, 15) is 29.4 Å². The fourth-order valence-corrected chi connectivity index (χ4v) is 3.17. The fraction of sp³-hybridized carbons (Fsp3) is 0.500. The van der Waals surface area contributed by atoms with E-state index in [4.69, 9.17) is 10.8 Å². The van der Waals surface area contributed by atoms with Crippen LogP contribution in [0.3, 0.4) is 0 Å². The second kappa shape index (κ2) is 13.6. The molecule has 0 aliphatic carbocycles. The highest BCUT2D eigenvalue weighted by Gasteiger charge is 2.30. The van der Waals surface area contributed by atoms with Crippen molar-refractivity contribution in [3.05, 3.63) is 29.8 Å². The Kier molecular flexibility index (Phi) is 11.5. The maximum absolute atomic E-state index is 12.7. The molecule has 1 rings (SSSR count). The van der Waals surface area contributed by atoms with Crippen molar-refractivity contribution in [3.63, 3.8) is 0 Å². The van der Waals surface area contributed by atoms with Gasteiger partial charge in [0.15, 0.2) is 0 Å². The van der Waals surface area contributed by atoms with Crippen LogP contribution in [0.25, 0.3) is 0 Å². The molecule has 0 saturated carbocycles. The van der Waals surface area contributed by atoms with Crippen molar-refractivity contribution in [2.75, 3.05) is 18.6 Å². The zero-order chi connectivity index (χ0) is 24.3. The molecule has 0 aromatic heterocycles. The number of nitrogens with one attached hydrogen (secondary N) is 3. The van der Waals surface area contributed by atoms with Crippen LogP contribution in [0.5, 0.6) is 5.75 Å². The third-order valence-electron chi connectivity index (χ3n) is 4.45. The largest absolute Gasteiger partial charge is 0.508 e. The van der Waals surface area contributed by atoms with Gasteiger partial charge in [-0.1, -0.05) is 12.1 Å². The highest BCUT2D eigenvalue weighted by atomic mass is 32.2. The summed E-state index contributed by atoms with van der Waals surface area (Å²) in [6, 6.07) is 2.82. The van der Waals surface area contributed by atoms with Crippen LogP contribution >= 0.6 is 11.8 Å². The Balaban J connectivity index is 2.82. The molecule has 1 aromatic carbocycles. The number of carboxylic acid groups (broad SMARTS) is 1. The SMILES string of the molecule is CSCCC(NC(=O)C(N)Cc1ccc(O)cc1)C(=O)NC(C(=O)NCC(=O)O)C(C)O. The number of benzene rings is 1. The minimum atomic E-state index is -1.40. The Labute approximate surface area is 190 Å². The van der Waals surface area contributed by atoms with Gasteiger partial charge in [-0.3, -0.25) is 19.2 Å². The first-order chi connectivity index (χ1) is 15.0. The Bertz CT molecular complexity index is 789. The quantitative estimate of drug-likeness (QED) is 0.181. The van der Waals surface area contributed by atoms with Crippen molar-refractivity contribution in [1.82, 2.24) is 16.0 Å². The monoisotopic (exact) mass is 470 g/mol. The van der Waals surface area contributed by atoms with Gasteiger partial charge in [0.2, 0.25) is 17.7 Å². The van der Waals surface area contributed by atoms with E-state index < -0.39 is 54.5 Å². The fourth-order valence-electron chi connectivity index (χ4n) is 2.69. The lowest BCUT2D eigenvalue weighted by Crippen LogP contribution is -2.58. The summed E-state index contributed by atoms with van der Waals surface area (Å²) in [6.07, 6.45) is 0.942. The number of carbonyl (C=O) groups is 4. The standard InChI is InChI=1S/C20H30N4O7S/c1-11(25)17(20(31)22-10-16(27)28)24-19(30)15(7-8-32-2)23-18(29)14(21)9-12-3-5-13(26)6-4-12/h3-6,11,14-15,17,25-26H,7-10,21H2,1-2H3,(H,22,31)(H,23,29)(H,24,30)(H,27,28). The highest BCUT2D eigenvalue weighted by molar-refractivity contribution is 7.98. The van der Waals surface area contributed by atoms with Crippen LogP contribution in [-0.4, -0.2) is 81.8 Å². The van der Waals surface area contributed by atoms with E-state index >= 15 is 0 Å². The number of aliphatic hydroxyl groups excluding tert-OH is 1. The summed E-state index contributed by atoms with van der Waals surface area (Å²) in [7, 11) is 0. The van der Waals surface area contributed by atoms with Gasteiger partial charge in [0, 0.05) is 0 Å². The lowest BCUT2D eigenvalue weighted by atomic mass is 10.0. The van der Waals surface area contributed by atoms with Gasteiger partial charge in [0.1, 0.15) is 24.4 Å². The summed E-state index contributed by atoms with van der Waals surface area (Å²) in [6.45, 7) is 0.602. The number of amides is 3. The molecule has 0 radical (unpaired) electrons. The first-order valence-electron chi connectivity index (χ1n) is 9.85. The molecule has 0 fully saturated rings. The van der Waals surface area contributed by atoms with Crippen molar-refractivity contribution < 1.29 is 34.5 Å². The van der Waals surface area contributed by atoms with Crippen molar-refractivity contribution in [1.29, 1.82) is 0 Å². The number of rotatable bonds is 13. The van der Waals surface area contributed by atoms with E-state index in [2.05, 4.69) is 16.0 Å². The molecule has 0 aliphatic rings. The first-order valence-corrected chi connectivity index (χ1v) is 11.2. The second-order valence-corrected chi connectivity index (χ2v) is 8.14. The molecule has 0 heterocycles. The smallest absolute Gasteiger partial charge is 0.322 e. The molecule has 1 aromatic rings. The Morgan fingerprint density at radius 1 is 1.06 bits per heavy atom. The Morgan fingerprint density at radius 2 is 1.69 bits per heavy atom. The number of aromatic hydroxyl groups is 1. The van der Waals surface area contributed by atoms with E-state index in [1.165, 1.54) is 30.8 Å². The number of nitrogens with two attached hydrogens (primary N) is 1. The maximum Gasteiger partial charge on any atom is 0.322 e. The normalized spacial score (nSPS) is 14.5. The summed E-state index contributed by atoms with van der Waals surface area (Å²) in [4.78, 5) is 48.1. The molecule has 0 bridgehead atoms. The van der Waals surface area contributed by atoms with Crippen LogP contribution in [0, 0.1) is 0 Å². The molecule has 178 valence electrons. The molecule has 8 N–H and O–H groups in total. The van der Waals surface area contributed by atoms with Crippen molar-refractivity contribution in [2.24, 2.45) is 5.73 Å². The zero-order valence-electron chi connectivity index (χ0n) is 17.9. The Hall–Kier alpha value is -2.83. The average molecular weight is 471 g/mol. The number of phenolic OH excluding ortho intramolecular Hbond substituents is 1. The second-order valence-electron chi connectivity index (χ2n) is 7.16. The van der Waals surface area contributed by atoms with E-state index in [0.717, 1.165) is 5.56 Å². The highest BCUT2D eigenvalue weighted by Crippen LogP contribution is 2.11. The van der Waals surface area contributed by atoms with Gasteiger partial charge in [-0.15, -0.1) is 0 Å². The summed E-state index contributed by atoms with van der Waals surface area (Å²) in [5, 5.41) is 34.9. The lowest BCUT2D eigenvalue weighted by Gasteiger charge is -2.25. The molecular formula is C20H30N4O7S. The van der Waals surface area contributed by atoms with Crippen LogP contribution in [0.2, 0.25) is 0 Å². The summed E-state index contributed by atoms with van der Waals surface area (Å²) in [5.41, 5.74) is 6.68. The number of thioether (sulfide) groups is 1. The molecular weight excluding hydrogens is 440 g/mol. The minimum absolute atomic E-state index is 0.0839. The molecule has 11 nitrogen and oxygen atoms in total. The van der Waals surface area contributed by atoms with Crippen molar-refractivity contribution in [3.8, 4) is 5.75 Å².